The second-order valence-corrected chi connectivity index (χ2v) is 7.52. The van der Waals surface area contributed by atoms with E-state index < -0.39 is 0 Å². The van der Waals surface area contributed by atoms with E-state index in [0.29, 0.717) is 19.4 Å². The number of ether oxygens (including phenoxy) is 1. The van der Waals surface area contributed by atoms with E-state index in [1.165, 1.54) is 0 Å². The monoisotopic (exact) mass is 414 g/mol. The minimum Gasteiger partial charge on any atom is -0.496 e. The molecular weight excluding hydrogens is 388 g/mol. The van der Waals surface area contributed by atoms with E-state index in [1.807, 2.05) is 79.0 Å². The van der Waals surface area contributed by atoms with Crippen LogP contribution >= 0.6 is 0 Å². The van der Waals surface area contributed by atoms with Crippen LogP contribution in [0.2, 0.25) is 0 Å². The summed E-state index contributed by atoms with van der Waals surface area (Å²) in [4.78, 5) is 17.2. The molecule has 0 spiro atoms. The maximum Gasteiger partial charge on any atom is 0.220 e. The standard InChI is InChI=1S/C25H26N4O2/c1-17-21(13-14-25(30)26-16-20-11-7-8-12-23(20)31-3)18(2)29-24(27-17)15-22(28-29)19-9-5-4-6-10-19/h4-12,15H,13-14,16H2,1-3H3,(H,26,30). The van der Waals surface area contributed by atoms with Gasteiger partial charge >= 0.3 is 0 Å². The van der Waals surface area contributed by atoms with E-state index in [4.69, 9.17) is 14.8 Å². The fourth-order valence-electron chi connectivity index (χ4n) is 3.81. The van der Waals surface area contributed by atoms with Crippen LogP contribution in [0.1, 0.15) is 28.9 Å². The molecule has 4 aromatic rings. The number of nitrogens with zero attached hydrogens (tertiary/aromatic N) is 3. The summed E-state index contributed by atoms with van der Waals surface area (Å²) in [6, 6.07) is 19.8. The third kappa shape index (κ3) is 4.43. The van der Waals surface area contributed by atoms with Gasteiger partial charge in [-0.25, -0.2) is 9.50 Å². The molecule has 6 heteroatoms. The van der Waals surface area contributed by atoms with Crippen LogP contribution in [-0.2, 0) is 17.8 Å². The van der Waals surface area contributed by atoms with Gasteiger partial charge in [-0.15, -0.1) is 0 Å². The predicted molar refractivity (Wildman–Crippen MR) is 121 cm³/mol. The molecule has 1 amide bonds. The van der Waals surface area contributed by atoms with Gasteiger partial charge in [0, 0.05) is 41.5 Å². The van der Waals surface area contributed by atoms with Gasteiger partial charge in [0.05, 0.1) is 12.8 Å². The molecule has 0 aliphatic carbocycles. The quantitative estimate of drug-likeness (QED) is 0.490. The number of rotatable bonds is 7. The lowest BCUT2D eigenvalue weighted by Gasteiger charge is -2.12. The Balaban J connectivity index is 1.47. The Morgan fingerprint density at radius 2 is 1.81 bits per heavy atom. The van der Waals surface area contributed by atoms with Gasteiger partial charge in [0.2, 0.25) is 5.91 Å². The van der Waals surface area contributed by atoms with Gasteiger partial charge in [-0.05, 0) is 31.9 Å². The molecule has 2 heterocycles. The van der Waals surface area contributed by atoms with Gasteiger partial charge in [-0.1, -0.05) is 48.5 Å². The van der Waals surface area contributed by atoms with Crippen LogP contribution in [0.15, 0.2) is 60.7 Å². The van der Waals surface area contributed by atoms with Crippen molar-refractivity contribution in [2.75, 3.05) is 7.11 Å². The molecule has 0 unspecified atom stereocenters. The van der Waals surface area contributed by atoms with Crippen LogP contribution in [0, 0.1) is 13.8 Å². The van der Waals surface area contributed by atoms with Crippen molar-refractivity contribution in [3.05, 3.63) is 83.2 Å². The van der Waals surface area contributed by atoms with E-state index >= 15 is 0 Å². The van der Waals surface area contributed by atoms with Crippen molar-refractivity contribution in [1.29, 1.82) is 0 Å². The fourth-order valence-corrected chi connectivity index (χ4v) is 3.81. The first-order chi connectivity index (χ1) is 15.1. The Labute approximate surface area is 181 Å². The number of hydrogen-bond donors (Lipinski definition) is 1. The number of para-hydroxylation sites is 1. The molecule has 6 nitrogen and oxygen atoms in total. The van der Waals surface area contributed by atoms with E-state index in [-0.39, 0.29) is 5.91 Å². The average molecular weight is 415 g/mol. The number of aromatic nitrogens is 3. The fraction of sp³-hybridized carbons (Fsp3) is 0.240. The first-order valence-corrected chi connectivity index (χ1v) is 10.4. The smallest absolute Gasteiger partial charge is 0.220 e. The van der Waals surface area contributed by atoms with Crippen molar-refractivity contribution in [3.8, 4) is 17.0 Å². The molecular formula is C25H26N4O2. The van der Waals surface area contributed by atoms with E-state index in [1.54, 1.807) is 7.11 Å². The van der Waals surface area contributed by atoms with Crippen LogP contribution < -0.4 is 10.1 Å². The molecule has 0 aliphatic heterocycles. The highest BCUT2D eigenvalue weighted by Crippen LogP contribution is 2.22. The number of benzene rings is 2. The number of fused-ring (bicyclic) bond motifs is 1. The first-order valence-electron chi connectivity index (χ1n) is 10.4. The van der Waals surface area contributed by atoms with Gasteiger partial charge in [0.15, 0.2) is 5.65 Å². The van der Waals surface area contributed by atoms with Crippen LogP contribution in [0.5, 0.6) is 5.75 Å². The third-order valence-electron chi connectivity index (χ3n) is 5.50. The summed E-state index contributed by atoms with van der Waals surface area (Å²) in [5, 5.41) is 7.73. The molecule has 0 saturated carbocycles. The largest absolute Gasteiger partial charge is 0.496 e. The summed E-state index contributed by atoms with van der Waals surface area (Å²) in [6.45, 7) is 4.47. The van der Waals surface area contributed by atoms with Gasteiger partial charge in [-0.3, -0.25) is 4.79 Å². The van der Waals surface area contributed by atoms with E-state index in [0.717, 1.165) is 45.2 Å². The maximum absolute atomic E-state index is 12.5. The van der Waals surface area contributed by atoms with E-state index in [2.05, 4.69) is 5.32 Å². The predicted octanol–water partition coefficient (Wildman–Crippen LogP) is 4.27. The highest BCUT2D eigenvalue weighted by atomic mass is 16.5. The summed E-state index contributed by atoms with van der Waals surface area (Å²) in [6.07, 6.45) is 0.996. The second kappa shape index (κ2) is 9.00. The van der Waals surface area contributed by atoms with Crippen LogP contribution in [0.4, 0.5) is 0 Å². The first kappa shape index (κ1) is 20.6. The Kier molecular flexibility index (Phi) is 5.98. The zero-order valence-electron chi connectivity index (χ0n) is 18.1. The molecule has 1 N–H and O–H groups in total. The summed E-state index contributed by atoms with van der Waals surface area (Å²) >= 11 is 0. The summed E-state index contributed by atoms with van der Waals surface area (Å²) in [5.41, 5.74) is 6.73. The molecule has 2 aromatic heterocycles. The van der Waals surface area contributed by atoms with Crippen molar-refractivity contribution in [2.45, 2.75) is 33.2 Å². The Hall–Kier alpha value is -3.67. The van der Waals surface area contributed by atoms with Gasteiger partial charge in [0.1, 0.15) is 5.75 Å². The number of methoxy groups -OCH3 is 1. The third-order valence-corrected chi connectivity index (χ3v) is 5.50. The summed E-state index contributed by atoms with van der Waals surface area (Å²) < 4.78 is 7.22. The minimum absolute atomic E-state index is 0.00440. The molecule has 0 fully saturated rings. The van der Waals surface area contributed by atoms with E-state index in [9.17, 15) is 4.79 Å². The summed E-state index contributed by atoms with van der Waals surface area (Å²) in [7, 11) is 1.63. The summed E-state index contributed by atoms with van der Waals surface area (Å²) in [5.74, 6) is 0.771. The van der Waals surface area contributed by atoms with Gasteiger partial charge in [-0.2, -0.15) is 5.10 Å². The van der Waals surface area contributed by atoms with Crippen molar-refractivity contribution in [3.63, 3.8) is 0 Å². The molecule has 0 bridgehead atoms. The number of aryl methyl sites for hydroxylation is 2. The highest BCUT2D eigenvalue weighted by Gasteiger charge is 2.14. The van der Waals surface area contributed by atoms with Crippen molar-refractivity contribution < 1.29 is 9.53 Å². The lowest BCUT2D eigenvalue weighted by atomic mass is 10.1. The van der Waals surface area contributed by atoms with Crippen LogP contribution in [-0.4, -0.2) is 27.6 Å². The number of carbonyl (C=O) groups excluding carboxylic acids is 1. The number of carbonyl (C=O) groups is 1. The Bertz CT molecular complexity index is 1220. The normalized spacial score (nSPS) is 10.9. The minimum atomic E-state index is -0.00440. The topological polar surface area (TPSA) is 68.5 Å². The van der Waals surface area contributed by atoms with Gasteiger partial charge in [0.25, 0.3) is 0 Å². The Morgan fingerprint density at radius 3 is 2.58 bits per heavy atom. The van der Waals surface area contributed by atoms with Crippen LogP contribution in [0.3, 0.4) is 0 Å². The lowest BCUT2D eigenvalue weighted by molar-refractivity contribution is -0.121. The molecule has 2 aromatic carbocycles. The van der Waals surface area contributed by atoms with Gasteiger partial charge < -0.3 is 10.1 Å². The number of hydrogen-bond acceptors (Lipinski definition) is 4. The lowest BCUT2D eigenvalue weighted by Crippen LogP contribution is -2.23. The highest BCUT2D eigenvalue weighted by molar-refractivity contribution is 5.76. The second-order valence-electron chi connectivity index (χ2n) is 7.52. The van der Waals surface area contributed by atoms with Crippen molar-refractivity contribution in [1.82, 2.24) is 19.9 Å². The number of amides is 1. The SMILES string of the molecule is COc1ccccc1CNC(=O)CCc1c(C)nc2cc(-c3ccccc3)nn2c1C. The number of nitrogens with one attached hydrogen (secondary N) is 1. The zero-order chi connectivity index (χ0) is 21.8. The van der Waals surface area contributed by atoms with Crippen molar-refractivity contribution in [2.24, 2.45) is 0 Å². The molecule has 0 atom stereocenters. The zero-order valence-corrected chi connectivity index (χ0v) is 18.1. The van der Waals surface area contributed by atoms with Crippen LogP contribution in [0.25, 0.3) is 16.9 Å². The Morgan fingerprint density at radius 1 is 1.06 bits per heavy atom. The molecule has 0 saturated heterocycles. The average Bonchev–Trinajstić information content (AvgIpc) is 3.22. The molecule has 0 aliphatic rings. The van der Waals surface area contributed by atoms with Crippen molar-refractivity contribution >= 4 is 11.6 Å². The maximum atomic E-state index is 12.5. The molecule has 31 heavy (non-hydrogen) atoms. The molecule has 4 rings (SSSR count). The molecule has 0 radical (unpaired) electrons. The molecule has 158 valence electrons.